The Morgan fingerprint density at radius 2 is 1.07 bits per heavy atom. The van der Waals surface area contributed by atoms with Gasteiger partial charge in [0.2, 0.25) is 0 Å². The summed E-state index contributed by atoms with van der Waals surface area (Å²) in [4.78, 5) is 77.2. The average Bonchev–Trinajstić information content (AvgIpc) is 3.21. The smallest absolute Gasteiger partial charge is 0.332 e. The molecule has 1 saturated heterocycles. The molecule has 4 rings (SSSR count). The van der Waals surface area contributed by atoms with Crippen LogP contribution in [0.1, 0.15) is 42.7 Å². The summed E-state index contributed by atoms with van der Waals surface area (Å²) in [5.74, 6) is -14.1. The fourth-order valence-electron chi connectivity index (χ4n) is 5.55. The lowest BCUT2D eigenvalue weighted by Gasteiger charge is -2.40. The van der Waals surface area contributed by atoms with E-state index in [4.69, 9.17) is 14.2 Å². The minimum absolute atomic E-state index is 0.294. The number of aliphatic hydroxyl groups excluding tert-OH is 5. The molecule has 60 heavy (non-hydrogen) atoms. The van der Waals surface area contributed by atoms with Crippen molar-refractivity contribution in [3.63, 3.8) is 0 Å². The maximum atomic E-state index is 13.3. The van der Waals surface area contributed by atoms with Gasteiger partial charge in [0, 0.05) is 0 Å². The second-order valence-corrected chi connectivity index (χ2v) is 12.9. The number of amides is 3. The molecule has 24 heteroatoms. The Bertz CT molecular complexity index is 2110. The molecule has 0 radical (unpaired) electrons. The number of benzene rings is 3. The van der Waals surface area contributed by atoms with Gasteiger partial charge in [0.15, 0.2) is 52.6 Å². The van der Waals surface area contributed by atoms with E-state index in [0.29, 0.717) is 0 Å². The van der Waals surface area contributed by atoms with E-state index >= 15 is 0 Å². The van der Waals surface area contributed by atoms with Gasteiger partial charge in [-0.15, -0.1) is 0 Å². The van der Waals surface area contributed by atoms with Crippen molar-refractivity contribution in [1.29, 1.82) is 0 Å². The summed E-state index contributed by atoms with van der Waals surface area (Å²) < 4.78 is 15.4. The fourth-order valence-corrected chi connectivity index (χ4v) is 5.55. The number of phenols is 6. The molecule has 0 aromatic heterocycles. The SMILES string of the molecule is O=C(N[C@@H](COC(=O)[C@H](COC(=O)[C@H](CO)NC(=O)c1cccc(O)c1O)NC(=O)c1cccc(O)c1O)C(=O)O)c1cc([C@@H]2O[C@H](CO)[C@@H](O)C(O)C2O)cc(O)c1O. The Labute approximate surface area is 336 Å². The summed E-state index contributed by atoms with van der Waals surface area (Å²) in [5.41, 5.74) is -2.27. The van der Waals surface area contributed by atoms with Crippen LogP contribution in [-0.4, -0.2) is 166 Å². The quantitative estimate of drug-likeness (QED) is 0.0487. The van der Waals surface area contributed by atoms with Crippen LogP contribution in [-0.2, 0) is 28.6 Å². The van der Waals surface area contributed by atoms with Crippen LogP contribution >= 0.6 is 0 Å². The van der Waals surface area contributed by atoms with Crippen molar-refractivity contribution in [2.24, 2.45) is 0 Å². The van der Waals surface area contributed by atoms with Crippen molar-refractivity contribution in [2.45, 2.75) is 48.6 Å². The van der Waals surface area contributed by atoms with E-state index in [9.17, 15) is 90.0 Å². The summed E-state index contributed by atoms with van der Waals surface area (Å²) >= 11 is 0. The van der Waals surface area contributed by atoms with E-state index in [1.807, 2.05) is 16.0 Å². The normalized spacial score (nSPS) is 20.1. The van der Waals surface area contributed by atoms with Crippen LogP contribution in [0, 0.1) is 0 Å². The molecule has 1 heterocycles. The van der Waals surface area contributed by atoms with Gasteiger partial charge >= 0.3 is 17.9 Å². The molecular weight excluding hydrogens is 810 g/mol. The van der Waals surface area contributed by atoms with E-state index < -0.39 is 162 Å². The number of rotatable bonds is 16. The number of carboxylic acids is 1. The molecule has 2 unspecified atom stereocenters. The zero-order chi connectivity index (χ0) is 44.6. The maximum absolute atomic E-state index is 13.3. The lowest BCUT2D eigenvalue weighted by Crippen LogP contribution is -2.55. The highest BCUT2D eigenvalue weighted by Crippen LogP contribution is 2.38. The highest BCUT2D eigenvalue weighted by Gasteiger charge is 2.44. The average molecular weight is 850 g/mol. The first-order chi connectivity index (χ1) is 28.3. The van der Waals surface area contributed by atoms with Crippen molar-refractivity contribution in [3.8, 4) is 34.5 Å². The van der Waals surface area contributed by atoms with E-state index in [1.54, 1.807) is 0 Å². The molecule has 0 aliphatic carbocycles. The highest BCUT2D eigenvalue weighted by molar-refractivity contribution is 6.01. The first-order valence-corrected chi connectivity index (χ1v) is 17.3. The van der Waals surface area contributed by atoms with Crippen LogP contribution in [0.2, 0.25) is 0 Å². The molecule has 0 bridgehead atoms. The Morgan fingerprint density at radius 1 is 0.600 bits per heavy atom. The molecule has 8 atom stereocenters. The van der Waals surface area contributed by atoms with Crippen molar-refractivity contribution >= 4 is 35.6 Å². The van der Waals surface area contributed by atoms with Crippen molar-refractivity contribution < 1.29 is 104 Å². The number of aromatic hydroxyl groups is 6. The van der Waals surface area contributed by atoms with Gasteiger partial charge in [0.25, 0.3) is 17.7 Å². The first-order valence-electron chi connectivity index (χ1n) is 17.3. The third-order valence-electron chi connectivity index (χ3n) is 8.85. The molecule has 3 amide bonds. The monoisotopic (exact) mass is 849 g/mol. The van der Waals surface area contributed by atoms with Gasteiger partial charge in [-0.1, -0.05) is 12.1 Å². The number of aliphatic hydroxyl groups is 5. The van der Waals surface area contributed by atoms with Crippen LogP contribution < -0.4 is 16.0 Å². The topological polar surface area (TPSA) is 409 Å². The van der Waals surface area contributed by atoms with Crippen LogP contribution in [0.3, 0.4) is 0 Å². The lowest BCUT2D eigenvalue weighted by atomic mass is 9.90. The molecule has 15 N–H and O–H groups in total. The van der Waals surface area contributed by atoms with E-state index in [1.165, 1.54) is 6.07 Å². The predicted molar refractivity (Wildman–Crippen MR) is 192 cm³/mol. The van der Waals surface area contributed by atoms with Gasteiger partial charge in [0.05, 0.1) is 29.9 Å². The van der Waals surface area contributed by atoms with Gasteiger partial charge in [-0.25, -0.2) is 14.4 Å². The number of hydrogen-bond donors (Lipinski definition) is 15. The largest absolute Gasteiger partial charge is 0.504 e. The minimum Gasteiger partial charge on any atom is -0.504 e. The number of ether oxygens (including phenoxy) is 3. The Hall–Kier alpha value is -6.96. The third-order valence-corrected chi connectivity index (χ3v) is 8.85. The molecule has 24 nitrogen and oxygen atoms in total. The van der Waals surface area contributed by atoms with E-state index in [0.717, 1.165) is 42.5 Å². The van der Waals surface area contributed by atoms with Gasteiger partial charge in [0.1, 0.15) is 43.7 Å². The summed E-state index contributed by atoms with van der Waals surface area (Å²) in [6, 6.07) is 1.91. The lowest BCUT2D eigenvalue weighted by molar-refractivity contribution is -0.231. The standard InChI is InChI=1S/C36H39N3O21/c40-9-17(37-31(51)14-3-1-5-20(42)24(14)45)35(56)59-12-19(39-32(52)15-4-2-6-21(43)25(15)46)36(57)58-11-18(34(54)55)38-33(53)16-7-13(8-22(44)26(16)47)30-29(50)28(49)27(48)23(10-41)60-30/h1-8,17-19,23,27-30,40-50H,9-12H2,(H,37,51)(H,38,53)(H,39,52)(H,54,55)/t17-,18-,19-,23+,27+,28?,29?,30-/m0/s1. The molecular formula is C36H39N3O21. The number of phenolic OH excluding ortho intramolecular Hbond substituents is 6. The van der Waals surface area contributed by atoms with Crippen LogP contribution in [0.15, 0.2) is 48.5 Å². The second kappa shape index (κ2) is 19.7. The van der Waals surface area contributed by atoms with Crippen molar-refractivity contribution in [3.05, 3.63) is 70.8 Å². The van der Waals surface area contributed by atoms with Gasteiger partial charge < -0.3 is 91.4 Å². The van der Waals surface area contributed by atoms with Gasteiger partial charge in [-0.05, 0) is 42.0 Å². The Kier molecular flexibility index (Phi) is 15.0. The number of esters is 2. The van der Waals surface area contributed by atoms with Crippen LogP contribution in [0.25, 0.3) is 0 Å². The minimum atomic E-state index is -2.17. The molecule has 0 spiro atoms. The summed E-state index contributed by atoms with van der Waals surface area (Å²) in [6.07, 6.45) is -8.59. The van der Waals surface area contributed by atoms with Crippen LogP contribution in [0.5, 0.6) is 34.5 Å². The molecule has 3 aromatic rings. The van der Waals surface area contributed by atoms with E-state index in [2.05, 4.69) is 0 Å². The third kappa shape index (κ3) is 10.4. The molecule has 3 aromatic carbocycles. The second-order valence-electron chi connectivity index (χ2n) is 12.9. The van der Waals surface area contributed by atoms with Crippen molar-refractivity contribution in [2.75, 3.05) is 26.4 Å². The molecule has 0 saturated carbocycles. The highest BCUT2D eigenvalue weighted by atomic mass is 16.6. The number of carboxylic acid groups (broad SMARTS) is 1. The molecule has 1 aliphatic rings. The molecule has 324 valence electrons. The number of carbonyl (C=O) groups excluding carboxylic acids is 5. The number of hydrogen-bond acceptors (Lipinski definition) is 20. The molecule has 1 fully saturated rings. The summed E-state index contributed by atoms with van der Waals surface area (Å²) in [5, 5.41) is 126. The predicted octanol–water partition coefficient (Wildman–Crippen LogP) is -3.71. The number of nitrogens with one attached hydrogen (secondary N) is 3. The van der Waals surface area contributed by atoms with Crippen LogP contribution in [0.4, 0.5) is 0 Å². The fraction of sp³-hybridized carbons (Fsp3) is 0.333. The van der Waals surface area contributed by atoms with Gasteiger partial charge in [-0.2, -0.15) is 0 Å². The molecule has 1 aliphatic heterocycles. The first kappa shape index (κ1) is 45.7. The summed E-state index contributed by atoms with van der Waals surface area (Å²) in [6.45, 7) is -4.38. The zero-order valence-electron chi connectivity index (χ0n) is 30.6. The zero-order valence-corrected chi connectivity index (χ0v) is 30.6. The van der Waals surface area contributed by atoms with E-state index in [-0.39, 0.29) is 5.56 Å². The number of carbonyl (C=O) groups is 6. The van der Waals surface area contributed by atoms with Crippen molar-refractivity contribution in [1.82, 2.24) is 16.0 Å². The maximum Gasteiger partial charge on any atom is 0.332 e. The number of para-hydroxylation sites is 2. The Balaban J connectivity index is 1.52. The van der Waals surface area contributed by atoms with Gasteiger partial charge in [-0.3, -0.25) is 14.4 Å². The number of aliphatic carboxylic acids is 1. The summed E-state index contributed by atoms with van der Waals surface area (Å²) in [7, 11) is 0. The Morgan fingerprint density at radius 3 is 1.58 bits per heavy atom.